The highest BCUT2D eigenvalue weighted by atomic mass is 15.1. The fraction of sp³-hybridized carbons (Fsp3) is 0.857. The Morgan fingerprint density at radius 3 is 3.12 bits per heavy atom. The molecule has 0 aromatic carbocycles. The summed E-state index contributed by atoms with van der Waals surface area (Å²) >= 11 is 0. The zero-order chi connectivity index (χ0) is 11.0. The molecular weight excluding hydrogens is 196 g/mol. The van der Waals surface area contributed by atoms with E-state index in [9.17, 15) is 0 Å². The predicted octanol–water partition coefficient (Wildman–Crippen LogP) is 1.88. The summed E-state index contributed by atoms with van der Waals surface area (Å²) in [6.07, 6.45) is 8.99. The molecule has 2 fully saturated rings. The van der Waals surface area contributed by atoms with Gasteiger partial charge in [0.05, 0.1) is 0 Å². The molecule has 4 atom stereocenters. The van der Waals surface area contributed by atoms with Crippen LogP contribution < -0.4 is 5.32 Å². The van der Waals surface area contributed by atoms with Crippen molar-refractivity contribution < 1.29 is 0 Å². The number of likely N-dealkylation sites (tertiary alicyclic amines) is 1. The lowest BCUT2D eigenvalue weighted by Gasteiger charge is -2.41. The smallest absolute Gasteiger partial charge is 0.0136 e. The average molecular weight is 220 g/mol. The Balaban J connectivity index is 1.39. The van der Waals surface area contributed by atoms with Crippen molar-refractivity contribution >= 4 is 0 Å². The third-order valence-electron chi connectivity index (χ3n) is 4.85. The summed E-state index contributed by atoms with van der Waals surface area (Å²) in [4.78, 5) is 2.57. The van der Waals surface area contributed by atoms with E-state index >= 15 is 0 Å². The van der Waals surface area contributed by atoms with Crippen LogP contribution in [0, 0.1) is 17.8 Å². The average Bonchev–Trinajstić information content (AvgIpc) is 2.86. The lowest BCUT2D eigenvalue weighted by atomic mass is 9.71. The fourth-order valence-electron chi connectivity index (χ4n) is 3.63. The minimum Gasteiger partial charge on any atom is -0.313 e. The summed E-state index contributed by atoms with van der Waals surface area (Å²) in [5.74, 6) is 2.78. The number of nitrogens with one attached hydrogen (secondary N) is 1. The first kappa shape index (κ1) is 10.8. The first-order valence-corrected chi connectivity index (χ1v) is 6.99. The van der Waals surface area contributed by atoms with Crippen molar-refractivity contribution in [3.8, 4) is 0 Å². The molecule has 0 radical (unpaired) electrons. The molecule has 0 aromatic rings. The third-order valence-corrected chi connectivity index (χ3v) is 4.85. The van der Waals surface area contributed by atoms with Gasteiger partial charge >= 0.3 is 0 Å². The van der Waals surface area contributed by atoms with Gasteiger partial charge in [-0.3, -0.25) is 0 Å². The molecule has 2 heteroatoms. The van der Waals surface area contributed by atoms with E-state index in [1.807, 2.05) is 0 Å². The van der Waals surface area contributed by atoms with Gasteiger partial charge in [0.2, 0.25) is 0 Å². The van der Waals surface area contributed by atoms with E-state index in [-0.39, 0.29) is 0 Å². The summed E-state index contributed by atoms with van der Waals surface area (Å²) in [5.41, 5.74) is 0. The van der Waals surface area contributed by atoms with E-state index < -0.39 is 0 Å². The third kappa shape index (κ3) is 1.93. The number of nitrogens with zero attached hydrogens (tertiary/aromatic N) is 1. The molecular formula is C14H24N2. The molecule has 3 aliphatic rings. The van der Waals surface area contributed by atoms with E-state index in [0.29, 0.717) is 0 Å². The van der Waals surface area contributed by atoms with Crippen molar-refractivity contribution in [3.63, 3.8) is 0 Å². The highest BCUT2D eigenvalue weighted by Gasteiger charge is 2.40. The summed E-state index contributed by atoms with van der Waals surface area (Å²) in [6, 6.07) is 0.805. The van der Waals surface area contributed by atoms with Gasteiger partial charge in [-0.05, 0) is 56.7 Å². The Labute approximate surface area is 99.1 Å². The van der Waals surface area contributed by atoms with Crippen molar-refractivity contribution in [2.45, 2.75) is 32.2 Å². The number of rotatable bonds is 4. The van der Waals surface area contributed by atoms with Gasteiger partial charge in [0.25, 0.3) is 0 Å². The molecule has 1 saturated heterocycles. The maximum Gasteiger partial charge on any atom is 0.0136 e. The van der Waals surface area contributed by atoms with Crippen molar-refractivity contribution in [1.29, 1.82) is 0 Å². The zero-order valence-corrected chi connectivity index (χ0v) is 10.4. The standard InChI is InChI=1S/C14H24N2/c1-2-16-7-6-11(10-16)9-15-14-8-12-4-3-5-13(12)14/h3,5,11-15H,2,4,6-10H2,1H3. The van der Waals surface area contributed by atoms with Gasteiger partial charge in [0.15, 0.2) is 0 Å². The van der Waals surface area contributed by atoms with Crippen LogP contribution in [0.15, 0.2) is 12.2 Å². The molecule has 16 heavy (non-hydrogen) atoms. The van der Waals surface area contributed by atoms with E-state index in [1.165, 1.54) is 45.4 Å². The van der Waals surface area contributed by atoms with Gasteiger partial charge in [-0.15, -0.1) is 0 Å². The van der Waals surface area contributed by atoms with Gasteiger partial charge in [-0.1, -0.05) is 19.1 Å². The maximum absolute atomic E-state index is 3.80. The van der Waals surface area contributed by atoms with E-state index in [2.05, 4.69) is 29.3 Å². The van der Waals surface area contributed by atoms with Gasteiger partial charge in [-0.2, -0.15) is 0 Å². The van der Waals surface area contributed by atoms with E-state index in [4.69, 9.17) is 0 Å². The Morgan fingerprint density at radius 1 is 1.44 bits per heavy atom. The van der Waals surface area contributed by atoms with Crippen LogP contribution in [0.25, 0.3) is 0 Å². The molecule has 0 aromatic heterocycles. The largest absolute Gasteiger partial charge is 0.313 e. The lowest BCUT2D eigenvalue weighted by Crippen LogP contribution is -2.49. The fourth-order valence-corrected chi connectivity index (χ4v) is 3.63. The topological polar surface area (TPSA) is 15.3 Å². The number of hydrogen-bond acceptors (Lipinski definition) is 2. The summed E-state index contributed by atoms with van der Waals surface area (Å²) in [7, 11) is 0. The maximum atomic E-state index is 3.80. The van der Waals surface area contributed by atoms with Crippen LogP contribution >= 0.6 is 0 Å². The Bertz CT molecular complexity index is 274. The van der Waals surface area contributed by atoms with Crippen LogP contribution in [0.4, 0.5) is 0 Å². The molecule has 2 nitrogen and oxygen atoms in total. The minimum absolute atomic E-state index is 0.805. The Hall–Kier alpha value is -0.340. The van der Waals surface area contributed by atoms with E-state index in [0.717, 1.165) is 23.8 Å². The van der Waals surface area contributed by atoms with Crippen LogP contribution in [0.3, 0.4) is 0 Å². The number of hydrogen-bond donors (Lipinski definition) is 1. The second kappa shape index (κ2) is 4.50. The van der Waals surface area contributed by atoms with Crippen LogP contribution in [0.5, 0.6) is 0 Å². The Kier molecular flexibility index (Phi) is 3.03. The molecule has 1 saturated carbocycles. The van der Waals surface area contributed by atoms with Gasteiger partial charge in [-0.25, -0.2) is 0 Å². The second-order valence-electron chi connectivity index (χ2n) is 5.80. The molecule has 0 amide bonds. The number of allylic oxidation sites excluding steroid dienone is 1. The van der Waals surface area contributed by atoms with Crippen molar-refractivity contribution in [2.75, 3.05) is 26.2 Å². The predicted molar refractivity (Wildman–Crippen MR) is 67.4 cm³/mol. The molecule has 3 rings (SSSR count). The zero-order valence-electron chi connectivity index (χ0n) is 10.4. The molecule has 0 bridgehead atoms. The van der Waals surface area contributed by atoms with Crippen LogP contribution in [-0.2, 0) is 0 Å². The van der Waals surface area contributed by atoms with Crippen LogP contribution in [0.1, 0.15) is 26.2 Å². The summed E-state index contributed by atoms with van der Waals surface area (Å²) < 4.78 is 0. The van der Waals surface area contributed by atoms with Gasteiger partial charge in [0.1, 0.15) is 0 Å². The SMILES string of the molecule is CCN1CCC(CNC2CC3CC=CC32)C1. The molecule has 1 N–H and O–H groups in total. The summed E-state index contributed by atoms with van der Waals surface area (Å²) in [5, 5.41) is 3.80. The molecule has 2 aliphatic carbocycles. The molecule has 1 aliphatic heterocycles. The molecule has 90 valence electrons. The highest BCUT2D eigenvalue weighted by molar-refractivity contribution is 5.12. The molecule has 4 unspecified atom stereocenters. The first-order valence-electron chi connectivity index (χ1n) is 6.99. The quantitative estimate of drug-likeness (QED) is 0.728. The van der Waals surface area contributed by atoms with Crippen molar-refractivity contribution in [2.24, 2.45) is 17.8 Å². The van der Waals surface area contributed by atoms with E-state index in [1.54, 1.807) is 0 Å². The lowest BCUT2D eigenvalue weighted by molar-refractivity contribution is 0.158. The van der Waals surface area contributed by atoms with Crippen LogP contribution in [0.2, 0.25) is 0 Å². The highest BCUT2D eigenvalue weighted by Crippen LogP contribution is 2.42. The minimum atomic E-state index is 0.805. The second-order valence-corrected chi connectivity index (χ2v) is 5.80. The van der Waals surface area contributed by atoms with Gasteiger partial charge < -0.3 is 10.2 Å². The molecule has 0 spiro atoms. The molecule has 1 heterocycles. The first-order chi connectivity index (χ1) is 7.86. The monoisotopic (exact) mass is 220 g/mol. The van der Waals surface area contributed by atoms with Crippen LogP contribution in [-0.4, -0.2) is 37.1 Å². The van der Waals surface area contributed by atoms with Crippen molar-refractivity contribution in [3.05, 3.63) is 12.2 Å². The number of fused-ring (bicyclic) bond motifs is 1. The van der Waals surface area contributed by atoms with Gasteiger partial charge in [0, 0.05) is 12.6 Å². The Morgan fingerprint density at radius 2 is 2.38 bits per heavy atom. The normalized spacial score (nSPS) is 42.3. The summed E-state index contributed by atoms with van der Waals surface area (Å²) in [6.45, 7) is 7.39. The van der Waals surface area contributed by atoms with Crippen molar-refractivity contribution in [1.82, 2.24) is 10.2 Å².